The highest BCUT2D eigenvalue weighted by Gasteiger charge is 2.15. The smallest absolute Gasteiger partial charge is 0.227 e. The zero-order chi connectivity index (χ0) is 22.3. The number of halogens is 2. The van der Waals surface area contributed by atoms with Crippen LogP contribution in [-0.2, 0) is 19.5 Å². The van der Waals surface area contributed by atoms with Crippen molar-refractivity contribution in [2.24, 2.45) is 0 Å². The van der Waals surface area contributed by atoms with Crippen molar-refractivity contribution < 1.29 is 0 Å². The molecule has 7 nitrogen and oxygen atoms in total. The average Bonchev–Trinajstić information content (AvgIpc) is 3.24. The fourth-order valence-corrected chi connectivity index (χ4v) is 3.63. The van der Waals surface area contributed by atoms with Crippen LogP contribution in [0.25, 0.3) is 0 Å². The summed E-state index contributed by atoms with van der Waals surface area (Å²) in [5, 5.41) is 17.8. The second-order valence-electron chi connectivity index (χ2n) is 7.16. The molecule has 9 heteroatoms. The van der Waals surface area contributed by atoms with E-state index in [2.05, 4.69) is 54.3 Å². The lowest BCUT2D eigenvalue weighted by Gasteiger charge is -2.22. The molecule has 0 fully saturated rings. The van der Waals surface area contributed by atoms with E-state index in [1.54, 1.807) is 18.6 Å². The van der Waals surface area contributed by atoms with Crippen molar-refractivity contribution in [2.45, 2.75) is 19.5 Å². The first-order valence-corrected chi connectivity index (χ1v) is 11.1. The second-order valence-corrected chi connectivity index (χ2v) is 8.46. The quantitative estimate of drug-likeness (QED) is 0.322. The van der Waals surface area contributed by atoms with E-state index in [0.29, 0.717) is 36.3 Å². The van der Waals surface area contributed by atoms with Crippen LogP contribution in [0.15, 0.2) is 71.6 Å². The summed E-state index contributed by atoms with van der Waals surface area (Å²) in [6.07, 6.45) is 4.17. The molecule has 4 rings (SSSR count). The van der Waals surface area contributed by atoms with Gasteiger partial charge in [-0.3, -0.25) is 0 Å². The first kappa shape index (κ1) is 21.9. The molecule has 0 saturated heterocycles. The molecule has 0 radical (unpaired) electrons. The van der Waals surface area contributed by atoms with Crippen molar-refractivity contribution in [3.05, 3.63) is 99.3 Å². The van der Waals surface area contributed by atoms with Crippen LogP contribution >= 0.6 is 27.5 Å². The summed E-state index contributed by atoms with van der Waals surface area (Å²) in [6, 6.07) is 19.5. The third kappa shape index (κ3) is 5.69. The van der Waals surface area contributed by atoms with Crippen molar-refractivity contribution in [1.82, 2.24) is 24.7 Å². The van der Waals surface area contributed by atoms with Crippen LogP contribution in [0.3, 0.4) is 0 Å². The predicted molar refractivity (Wildman–Crippen MR) is 126 cm³/mol. The number of benzene rings is 2. The molecule has 0 aliphatic carbocycles. The molecule has 0 saturated carbocycles. The lowest BCUT2D eigenvalue weighted by Crippen LogP contribution is -2.29. The van der Waals surface area contributed by atoms with E-state index < -0.39 is 0 Å². The SMILES string of the molecule is N#Cc1ccc(Cn2cnnc2CN(CCc2ccc(Br)cc2)c2nccc(Cl)n2)cc1. The van der Waals surface area contributed by atoms with Crippen LogP contribution in [0, 0.1) is 11.3 Å². The summed E-state index contributed by atoms with van der Waals surface area (Å²) in [4.78, 5) is 10.9. The van der Waals surface area contributed by atoms with Gasteiger partial charge < -0.3 is 9.47 Å². The molecule has 0 bridgehead atoms. The van der Waals surface area contributed by atoms with Gasteiger partial charge in [-0.05, 0) is 47.9 Å². The van der Waals surface area contributed by atoms with Gasteiger partial charge in [-0.15, -0.1) is 10.2 Å². The Morgan fingerprint density at radius 1 is 1.03 bits per heavy atom. The van der Waals surface area contributed by atoms with E-state index in [9.17, 15) is 0 Å². The molecule has 0 N–H and O–H groups in total. The molecule has 2 aromatic carbocycles. The minimum absolute atomic E-state index is 0.391. The Kier molecular flexibility index (Phi) is 7.10. The van der Waals surface area contributed by atoms with Gasteiger partial charge in [0.15, 0.2) is 5.82 Å². The van der Waals surface area contributed by atoms with E-state index >= 15 is 0 Å². The highest BCUT2D eigenvalue weighted by Crippen LogP contribution is 2.17. The summed E-state index contributed by atoms with van der Waals surface area (Å²) in [5.74, 6) is 1.33. The molecule has 2 heterocycles. The molecule has 0 atom stereocenters. The third-order valence-electron chi connectivity index (χ3n) is 4.94. The number of aromatic nitrogens is 5. The van der Waals surface area contributed by atoms with Gasteiger partial charge >= 0.3 is 0 Å². The van der Waals surface area contributed by atoms with Gasteiger partial charge in [0, 0.05) is 17.2 Å². The van der Waals surface area contributed by atoms with Gasteiger partial charge in [-0.25, -0.2) is 9.97 Å². The van der Waals surface area contributed by atoms with Crippen molar-refractivity contribution >= 4 is 33.5 Å². The van der Waals surface area contributed by atoms with E-state index in [4.69, 9.17) is 16.9 Å². The molecule has 32 heavy (non-hydrogen) atoms. The number of anilines is 1. The van der Waals surface area contributed by atoms with Crippen LogP contribution in [-0.4, -0.2) is 31.3 Å². The van der Waals surface area contributed by atoms with Crippen LogP contribution < -0.4 is 4.90 Å². The minimum atomic E-state index is 0.391. The Labute approximate surface area is 199 Å². The maximum absolute atomic E-state index is 9.00. The molecule has 0 aliphatic heterocycles. The molecular weight excluding hydrogens is 490 g/mol. The summed E-state index contributed by atoms with van der Waals surface area (Å²) in [6.45, 7) is 1.77. The van der Waals surface area contributed by atoms with Crippen LogP contribution in [0.5, 0.6) is 0 Å². The van der Waals surface area contributed by atoms with Crippen molar-refractivity contribution in [2.75, 3.05) is 11.4 Å². The van der Waals surface area contributed by atoms with Crippen molar-refractivity contribution in [3.63, 3.8) is 0 Å². The maximum Gasteiger partial charge on any atom is 0.227 e. The normalized spacial score (nSPS) is 10.7. The molecular formula is C23H19BrClN7. The monoisotopic (exact) mass is 507 g/mol. The van der Waals surface area contributed by atoms with Crippen molar-refractivity contribution in [3.8, 4) is 6.07 Å². The molecule has 160 valence electrons. The van der Waals surface area contributed by atoms with Crippen LogP contribution in [0.2, 0.25) is 5.15 Å². The third-order valence-corrected chi connectivity index (χ3v) is 5.68. The summed E-state index contributed by atoms with van der Waals surface area (Å²) < 4.78 is 3.03. The Hall–Kier alpha value is -3.28. The molecule has 2 aromatic heterocycles. The summed E-state index contributed by atoms with van der Waals surface area (Å²) >= 11 is 9.60. The average molecular weight is 509 g/mol. The fourth-order valence-electron chi connectivity index (χ4n) is 3.23. The number of hydrogen-bond donors (Lipinski definition) is 0. The summed E-state index contributed by atoms with van der Waals surface area (Å²) in [7, 11) is 0. The number of rotatable bonds is 8. The molecule has 0 aliphatic rings. The molecule has 4 aromatic rings. The van der Waals surface area contributed by atoms with Gasteiger partial charge in [0.1, 0.15) is 11.5 Å². The molecule has 0 spiro atoms. The highest BCUT2D eigenvalue weighted by atomic mass is 79.9. The predicted octanol–water partition coefficient (Wildman–Crippen LogP) is 4.65. The van der Waals surface area contributed by atoms with E-state index in [0.717, 1.165) is 22.3 Å². The fraction of sp³-hybridized carbons (Fsp3) is 0.174. The highest BCUT2D eigenvalue weighted by molar-refractivity contribution is 9.10. The number of hydrogen-bond acceptors (Lipinski definition) is 6. The van der Waals surface area contributed by atoms with Gasteiger partial charge in [-0.1, -0.05) is 51.8 Å². The Morgan fingerprint density at radius 2 is 1.78 bits per heavy atom. The largest absolute Gasteiger partial charge is 0.333 e. The minimum Gasteiger partial charge on any atom is -0.333 e. The summed E-state index contributed by atoms with van der Waals surface area (Å²) in [5.41, 5.74) is 2.90. The van der Waals surface area contributed by atoms with Gasteiger partial charge in [-0.2, -0.15) is 5.26 Å². The van der Waals surface area contributed by atoms with Crippen LogP contribution in [0.4, 0.5) is 5.95 Å². The second kappa shape index (κ2) is 10.4. The first-order chi connectivity index (χ1) is 15.6. The lowest BCUT2D eigenvalue weighted by atomic mass is 10.1. The van der Waals surface area contributed by atoms with Crippen LogP contribution in [0.1, 0.15) is 22.5 Å². The van der Waals surface area contributed by atoms with Crippen molar-refractivity contribution in [1.29, 1.82) is 5.26 Å². The topological polar surface area (TPSA) is 83.5 Å². The van der Waals surface area contributed by atoms with E-state index in [1.807, 2.05) is 45.9 Å². The number of nitrogens with zero attached hydrogens (tertiary/aromatic N) is 7. The van der Waals surface area contributed by atoms with Gasteiger partial charge in [0.2, 0.25) is 5.95 Å². The zero-order valence-electron chi connectivity index (χ0n) is 17.1. The lowest BCUT2D eigenvalue weighted by molar-refractivity contribution is 0.666. The van der Waals surface area contributed by atoms with E-state index in [1.165, 1.54) is 5.56 Å². The Bertz CT molecular complexity index is 1220. The Balaban J connectivity index is 1.53. The zero-order valence-corrected chi connectivity index (χ0v) is 19.4. The Morgan fingerprint density at radius 3 is 2.50 bits per heavy atom. The maximum atomic E-state index is 9.00. The molecule has 0 amide bonds. The van der Waals surface area contributed by atoms with Gasteiger partial charge in [0.05, 0.1) is 24.7 Å². The molecule has 0 unspecified atom stereocenters. The standard InChI is InChI=1S/C23H19BrClN7/c24-20-7-5-17(6-8-20)10-12-31(23-27-11-9-21(25)29-23)15-22-30-28-16-32(22)14-19-3-1-18(13-26)2-4-19/h1-9,11,16H,10,12,14-15H2. The first-order valence-electron chi connectivity index (χ1n) is 9.94. The van der Waals surface area contributed by atoms with E-state index in [-0.39, 0.29) is 0 Å². The number of nitriles is 1. The van der Waals surface area contributed by atoms with Gasteiger partial charge in [0.25, 0.3) is 0 Å².